The Morgan fingerprint density at radius 3 is 2.21 bits per heavy atom. The molecule has 1 saturated heterocycles. The van der Waals surface area contributed by atoms with Crippen molar-refractivity contribution in [2.24, 2.45) is 0 Å². The van der Waals surface area contributed by atoms with Gasteiger partial charge in [0.1, 0.15) is 6.10 Å². The fourth-order valence-corrected chi connectivity index (χ4v) is 3.37. The maximum absolute atomic E-state index is 11.9. The zero-order valence-electron chi connectivity index (χ0n) is 15.1. The Morgan fingerprint density at radius 2 is 1.67 bits per heavy atom. The number of aliphatic carboxylic acids is 1. The minimum absolute atomic E-state index is 0.122. The summed E-state index contributed by atoms with van der Waals surface area (Å²) in [7, 11) is 0. The van der Waals surface area contributed by atoms with Crippen LogP contribution in [-0.2, 0) is 19.1 Å². The smallest absolute Gasteiger partial charge is 0.397 e. The van der Waals surface area contributed by atoms with Gasteiger partial charge in [0.25, 0.3) is 0 Å². The van der Waals surface area contributed by atoms with E-state index in [4.69, 9.17) is 9.84 Å². The number of carbonyl (C=O) groups excluding carboxylic acids is 2. The number of hydrogen-bond donors (Lipinski definition) is 3. The molecule has 138 valence electrons. The second kappa shape index (κ2) is 8.46. The predicted molar refractivity (Wildman–Crippen MR) is 89.5 cm³/mol. The molecule has 0 spiro atoms. The van der Waals surface area contributed by atoms with Crippen molar-refractivity contribution in [3.8, 4) is 0 Å². The van der Waals surface area contributed by atoms with E-state index in [-0.39, 0.29) is 23.6 Å². The number of carboxylic acid groups (broad SMARTS) is 1. The number of piperidine rings is 1. The van der Waals surface area contributed by atoms with E-state index in [9.17, 15) is 14.4 Å². The second-order valence-corrected chi connectivity index (χ2v) is 7.79. The average Bonchev–Trinajstić information content (AvgIpc) is 2.38. The van der Waals surface area contributed by atoms with Gasteiger partial charge in [-0.25, -0.2) is 4.79 Å². The number of nitrogens with one attached hydrogen (secondary N) is 2. The summed E-state index contributed by atoms with van der Waals surface area (Å²) in [5.41, 5.74) is -0.319. The summed E-state index contributed by atoms with van der Waals surface area (Å²) in [4.78, 5) is 34.1. The number of amides is 1. The van der Waals surface area contributed by atoms with E-state index in [1.165, 1.54) is 0 Å². The zero-order valence-corrected chi connectivity index (χ0v) is 15.1. The van der Waals surface area contributed by atoms with Gasteiger partial charge in [-0.1, -0.05) is 6.42 Å². The molecular weight excluding hydrogens is 312 g/mol. The Labute approximate surface area is 143 Å². The molecule has 1 rings (SSSR count). The molecule has 0 unspecified atom stereocenters. The molecule has 24 heavy (non-hydrogen) atoms. The molecular formula is C17H30N2O5. The van der Waals surface area contributed by atoms with Crippen molar-refractivity contribution < 1.29 is 24.2 Å². The largest absolute Gasteiger partial charge is 0.481 e. The second-order valence-electron chi connectivity index (χ2n) is 7.79. The first-order valence-corrected chi connectivity index (χ1v) is 8.51. The molecule has 0 bridgehead atoms. The number of ether oxygens (including phenoxy) is 1. The lowest BCUT2D eigenvalue weighted by molar-refractivity contribution is -0.162. The van der Waals surface area contributed by atoms with Gasteiger partial charge in [-0.05, 0) is 40.5 Å². The lowest BCUT2D eigenvalue weighted by Crippen LogP contribution is -2.60. The van der Waals surface area contributed by atoms with E-state index >= 15 is 0 Å². The third-order valence-corrected chi connectivity index (χ3v) is 3.96. The standard InChI is InChI=1S/C17H30N2O5/c1-16(2)10-12(11-17(3,4)19-16)24-15(23)14(22)18-9-7-5-6-8-13(20)21/h12,19H,5-11H2,1-4H3,(H,18,22)(H,20,21). The van der Waals surface area contributed by atoms with Crippen molar-refractivity contribution in [3.63, 3.8) is 0 Å². The minimum atomic E-state index is -0.848. The Balaban J connectivity index is 2.31. The van der Waals surface area contributed by atoms with Crippen LogP contribution >= 0.6 is 0 Å². The van der Waals surface area contributed by atoms with E-state index in [1.54, 1.807) is 0 Å². The number of carboxylic acids is 1. The Morgan fingerprint density at radius 1 is 1.08 bits per heavy atom. The molecule has 0 saturated carbocycles. The van der Waals surface area contributed by atoms with E-state index in [0.29, 0.717) is 38.6 Å². The summed E-state index contributed by atoms with van der Waals surface area (Å²) in [5.74, 6) is -2.41. The van der Waals surface area contributed by atoms with Crippen LogP contribution in [0.5, 0.6) is 0 Å². The summed E-state index contributed by atoms with van der Waals surface area (Å²) < 4.78 is 5.37. The summed E-state index contributed by atoms with van der Waals surface area (Å²) in [5, 5.41) is 14.5. The molecule has 3 N–H and O–H groups in total. The van der Waals surface area contributed by atoms with E-state index in [2.05, 4.69) is 10.6 Å². The third kappa shape index (κ3) is 7.77. The van der Waals surface area contributed by atoms with Crippen LogP contribution in [0.4, 0.5) is 0 Å². The van der Waals surface area contributed by atoms with Gasteiger partial charge in [0, 0.05) is 36.9 Å². The molecule has 0 atom stereocenters. The fraction of sp³-hybridized carbons (Fsp3) is 0.824. The molecule has 0 radical (unpaired) electrons. The normalized spacial score (nSPS) is 19.5. The van der Waals surface area contributed by atoms with Crippen molar-refractivity contribution in [2.75, 3.05) is 6.54 Å². The van der Waals surface area contributed by atoms with Gasteiger partial charge < -0.3 is 20.5 Å². The molecule has 0 aromatic carbocycles. The van der Waals surface area contributed by atoms with Crippen LogP contribution < -0.4 is 10.6 Å². The molecule has 0 aliphatic carbocycles. The highest BCUT2D eigenvalue weighted by Crippen LogP contribution is 2.30. The van der Waals surface area contributed by atoms with Crippen LogP contribution in [0.2, 0.25) is 0 Å². The molecule has 7 nitrogen and oxygen atoms in total. The summed E-state index contributed by atoms with van der Waals surface area (Å²) in [6.45, 7) is 8.53. The van der Waals surface area contributed by atoms with Gasteiger partial charge in [0.15, 0.2) is 0 Å². The van der Waals surface area contributed by atoms with Gasteiger partial charge in [0.05, 0.1) is 0 Å². The van der Waals surface area contributed by atoms with Gasteiger partial charge in [-0.2, -0.15) is 0 Å². The maximum Gasteiger partial charge on any atom is 0.397 e. The highest BCUT2D eigenvalue weighted by Gasteiger charge is 2.39. The number of carbonyl (C=O) groups is 3. The lowest BCUT2D eigenvalue weighted by atomic mass is 9.81. The van der Waals surface area contributed by atoms with Crippen LogP contribution in [0.15, 0.2) is 0 Å². The van der Waals surface area contributed by atoms with Crippen molar-refractivity contribution in [3.05, 3.63) is 0 Å². The zero-order chi connectivity index (χ0) is 18.4. The molecule has 1 aliphatic rings. The third-order valence-electron chi connectivity index (χ3n) is 3.96. The van der Waals surface area contributed by atoms with Crippen molar-refractivity contribution >= 4 is 17.8 Å². The monoisotopic (exact) mass is 342 g/mol. The summed E-state index contributed by atoms with van der Waals surface area (Å²) in [6.07, 6.45) is 3.05. The predicted octanol–water partition coefficient (Wildman–Crippen LogP) is 1.60. The van der Waals surface area contributed by atoms with E-state index < -0.39 is 17.8 Å². The van der Waals surface area contributed by atoms with Crippen molar-refractivity contribution in [1.29, 1.82) is 0 Å². The van der Waals surface area contributed by atoms with Gasteiger partial charge in [-0.3, -0.25) is 9.59 Å². The van der Waals surface area contributed by atoms with Crippen LogP contribution in [0.3, 0.4) is 0 Å². The van der Waals surface area contributed by atoms with Crippen LogP contribution in [-0.4, -0.2) is 46.7 Å². The SMILES string of the molecule is CC1(C)CC(OC(=O)C(=O)NCCCCCC(=O)O)CC(C)(C)N1. The molecule has 1 aliphatic heterocycles. The highest BCUT2D eigenvalue weighted by molar-refractivity contribution is 6.32. The average molecular weight is 342 g/mol. The van der Waals surface area contributed by atoms with Crippen LogP contribution in [0.1, 0.15) is 66.2 Å². The number of unbranched alkanes of at least 4 members (excludes halogenated alkanes) is 2. The number of esters is 1. The van der Waals surface area contributed by atoms with Gasteiger partial charge >= 0.3 is 17.8 Å². The minimum Gasteiger partial charge on any atom is -0.481 e. The molecule has 1 heterocycles. The Bertz CT molecular complexity index is 458. The number of hydrogen-bond acceptors (Lipinski definition) is 5. The molecule has 1 amide bonds. The summed E-state index contributed by atoms with van der Waals surface area (Å²) in [6, 6.07) is 0. The van der Waals surface area contributed by atoms with Crippen molar-refractivity contribution in [2.45, 2.75) is 83.4 Å². The van der Waals surface area contributed by atoms with Crippen molar-refractivity contribution in [1.82, 2.24) is 10.6 Å². The topological polar surface area (TPSA) is 105 Å². The quantitative estimate of drug-likeness (QED) is 0.369. The first-order valence-electron chi connectivity index (χ1n) is 8.51. The van der Waals surface area contributed by atoms with E-state index in [1.807, 2.05) is 27.7 Å². The first kappa shape index (κ1) is 20.4. The lowest BCUT2D eigenvalue weighted by Gasteiger charge is -2.45. The Hall–Kier alpha value is -1.63. The first-order chi connectivity index (χ1) is 11.0. The summed E-state index contributed by atoms with van der Waals surface area (Å²) >= 11 is 0. The van der Waals surface area contributed by atoms with Gasteiger partial charge in [-0.15, -0.1) is 0 Å². The number of rotatable bonds is 7. The van der Waals surface area contributed by atoms with Gasteiger partial charge in [0.2, 0.25) is 0 Å². The Kier molecular flexibility index (Phi) is 7.20. The highest BCUT2D eigenvalue weighted by atomic mass is 16.5. The molecule has 0 aromatic rings. The fourth-order valence-electron chi connectivity index (χ4n) is 3.37. The molecule has 0 aromatic heterocycles. The van der Waals surface area contributed by atoms with Crippen LogP contribution in [0, 0.1) is 0 Å². The molecule has 7 heteroatoms. The maximum atomic E-state index is 11.9. The molecule has 1 fully saturated rings. The van der Waals surface area contributed by atoms with E-state index in [0.717, 1.165) is 0 Å². The van der Waals surface area contributed by atoms with Crippen LogP contribution in [0.25, 0.3) is 0 Å².